The zero-order valence-corrected chi connectivity index (χ0v) is 17.6. The first-order valence-corrected chi connectivity index (χ1v) is 11.1. The number of nitrogens with one attached hydrogen (secondary N) is 1. The summed E-state index contributed by atoms with van der Waals surface area (Å²) in [6.45, 7) is 4.33. The fourth-order valence-corrected chi connectivity index (χ4v) is 3.20. The van der Waals surface area contributed by atoms with Crippen LogP contribution in [-0.2, 0) is 21.2 Å². The third-order valence-corrected chi connectivity index (χ3v) is 5.61. The first-order valence-electron chi connectivity index (χ1n) is 9.20. The highest BCUT2D eigenvalue weighted by Crippen LogP contribution is 2.21. The van der Waals surface area contributed by atoms with Gasteiger partial charge in [-0.3, -0.25) is 9.10 Å². The van der Waals surface area contributed by atoms with Crippen LogP contribution in [0, 0.1) is 6.92 Å². The molecule has 0 heterocycles. The van der Waals surface area contributed by atoms with Crippen LogP contribution in [-0.4, -0.2) is 40.3 Å². The van der Waals surface area contributed by atoms with E-state index in [1.165, 1.54) is 22.5 Å². The molecule has 0 unspecified atom stereocenters. The largest absolute Gasteiger partial charge is 0.481 e. The number of amides is 1. The summed E-state index contributed by atoms with van der Waals surface area (Å²) >= 11 is 0. The lowest BCUT2D eigenvalue weighted by molar-refractivity contribution is -0.127. The Bertz CT molecular complexity index is 895. The Morgan fingerprint density at radius 2 is 1.86 bits per heavy atom. The van der Waals surface area contributed by atoms with E-state index in [0.717, 1.165) is 19.1 Å². The maximum atomic E-state index is 12.2. The van der Waals surface area contributed by atoms with Gasteiger partial charge < -0.3 is 10.1 Å². The zero-order chi connectivity index (χ0) is 20.7. The number of carbonyl (C=O) groups excluding carboxylic acids is 1. The van der Waals surface area contributed by atoms with Gasteiger partial charge in [-0.25, -0.2) is 8.42 Å². The maximum absolute atomic E-state index is 12.2. The summed E-state index contributed by atoms with van der Waals surface area (Å²) in [6.07, 6.45) is 2.27. The van der Waals surface area contributed by atoms with Gasteiger partial charge in [0.15, 0.2) is 6.10 Å². The summed E-state index contributed by atoms with van der Waals surface area (Å²) in [5, 5.41) is 2.89. The van der Waals surface area contributed by atoms with Crippen LogP contribution < -0.4 is 14.4 Å². The predicted octanol–water partition coefficient (Wildman–Crippen LogP) is 2.91. The van der Waals surface area contributed by atoms with Crippen LogP contribution in [0.4, 0.5) is 5.69 Å². The Labute approximate surface area is 167 Å². The van der Waals surface area contributed by atoms with Crippen LogP contribution >= 0.6 is 0 Å². The quantitative estimate of drug-likeness (QED) is 0.652. The number of sulfonamides is 1. The smallest absolute Gasteiger partial charge is 0.260 e. The van der Waals surface area contributed by atoms with E-state index in [1.54, 1.807) is 31.2 Å². The summed E-state index contributed by atoms with van der Waals surface area (Å²) in [5.74, 6) is 0.328. The first-order chi connectivity index (χ1) is 13.2. The molecule has 0 aliphatic heterocycles. The minimum Gasteiger partial charge on any atom is -0.481 e. The highest BCUT2D eigenvalue weighted by Gasteiger charge is 2.15. The van der Waals surface area contributed by atoms with Crippen LogP contribution in [0.25, 0.3) is 0 Å². The number of ether oxygens (including phenoxy) is 1. The van der Waals surface area contributed by atoms with E-state index in [4.69, 9.17) is 4.74 Å². The number of aryl methyl sites for hydroxylation is 2. The van der Waals surface area contributed by atoms with Gasteiger partial charge in [-0.15, -0.1) is 0 Å². The molecule has 0 radical (unpaired) electrons. The predicted molar refractivity (Wildman–Crippen MR) is 112 cm³/mol. The molecular formula is C21H28N2O4S. The Hall–Kier alpha value is -2.54. The van der Waals surface area contributed by atoms with Crippen molar-refractivity contribution in [1.82, 2.24) is 5.32 Å². The SMILES string of the molecule is Cc1cccc(CCCNC(=O)[C@@H](C)Oc2ccc(N(C)S(C)(=O)=O)cc2)c1. The molecule has 2 aromatic rings. The van der Waals surface area contributed by atoms with E-state index < -0.39 is 16.1 Å². The Morgan fingerprint density at radius 1 is 1.18 bits per heavy atom. The van der Waals surface area contributed by atoms with E-state index in [-0.39, 0.29) is 5.91 Å². The van der Waals surface area contributed by atoms with E-state index in [2.05, 4.69) is 30.4 Å². The molecule has 0 aromatic heterocycles. The topological polar surface area (TPSA) is 75.7 Å². The van der Waals surface area contributed by atoms with Crippen molar-refractivity contribution < 1.29 is 17.9 Å². The molecule has 0 aliphatic rings. The van der Waals surface area contributed by atoms with Crippen molar-refractivity contribution in [1.29, 1.82) is 0 Å². The van der Waals surface area contributed by atoms with Crippen molar-refractivity contribution >= 4 is 21.6 Å². The number of benzene rings is 2. The monoisotopic (exact) mass is 404 g/mol. The Morgan fingerprint density at radius 3 is 2.46 bits per heavy atom. The average Bonchev–Trinajstić information content (AvgIpc) is 2.64. The average molecular weight is 405 g/mol. The lowest BCUT2D eigenvalue weighted by Crippen LogP contribution is -2.36. The van der Waals surface area contributed by atoms with Gasteiger partial charge >= 0.3 is 0 Å². The molecule has 0 spiro atoms. The standard InChI is InChI=1S/C21H28N2O4S/c1-16-7-5-8-18(15-16)9-6-14-22-21(24)17(2)27-20-12-10-19(11-13-20)23(3)28(4,25)26/h5,7-8,10-13,15,17H,6,9,14H2,1-4H3,(H,22,24)/t17-/m1/s1. The molecule has 0 bridgehead atoms. The minimum absolute atomic E-state index is 0.179. The molecule has 0 aliphatic carbocycles. The summed E-state index contributed by atoms with van der Waals surface area (Å²) < 4.78 is 29.9. The normalized spacial score (nSPS) is 12.3. The van der Waals surface area contributed by atoms with Gasteiger partial charge in [-0.2, -0.15) is 0 Å². The third-order valence-electron chi connectivity index (χ3n) is 4.40. The summed E-state index contributed by atoms with van der Waals surface area (Å²) in [6, 6.07) is 14.9. The Balaban J connectivity index is 1.78. The molecule has 0 saturated heterocycles. The fraction of sp³-hybridized carbons (Fsp3) is 0.381. The highest BCUT2D eigenvalue weighted by molar-refractivity contribution is 7.92. The second kappa shape index (κ2) is 9.59. The molecule has 1 atom stereocenters. The molecule has 1 amide bonds. The van der Waals surface area contributed by atoms with Crippen LogP contribution in [0.5, 0.6) is 5.75 Å². The van der Waals surface area contributed by atoms with Crippen molar-refractivity contribution in [3.8, 4) is 5.75 Å². The van der Waals surface area contributed by atoms with E-state index in [9.17, 15) is 13.2 Å². The second-order valence-electron chi connectivity index (χ2n) is 6.87. The highest BCUT2D eigenvalue weighted by atomic mass is 32.2. The molecule has 2 aromatic carbocycles. The van der Waals surface area contributed by atoms with E-state index in [1.807, 2.05) is 6.07 Å². The van der Waals surface area contributed by atoms with Gasteiger partial charge in [-0.1, -0.05) is 29.8 Å². The van der Waals surface area contributed by atoms with Gasteiger partial charge in [0.1, 0.15) is 5.75 Å². The summed E-state index contributed by atoms with van der Waals surface area (Å²) in [5.41, 5.74) is 3.03. The van der Waals surface area contributed by atoms with Crippen molar-refractivity contribution in [3.63, 3.8) is 0 Å². The number of rotatable bonds is 9. The van der Waals surface area contributed by atoms with Crippen LogP contribution in [0.15, 0.2) is 48.5 Å². The van der Waals surface area contributed by atoms with Crippen LogP contribution in [0.1, 0.15) is 24.5 Å². The molecule has 152 valence electrons. The molecule has 6 nitrogen and oxygen atoms in total. The third kappa shape index (κ3) is 6.56. The van der Waals surface area contributed by atoms with Crippen LogP contribution in [0.3, 0.4) is 0 Å². The first kappa shape index (κ1) is 21.8. The molecule has 1 N–H and O–H groups in total. The van der Waals surface area contributed by atoms with E-state index in [0.29, 0.717) is 18.0 Å². The van der Waals surface area contributed by atoms with Gasteiger partial charge in [-0.05, 0) is 56.5 Å². The number of hydrogen-bond donors (Lipinski definition) is 1. The second-order valence-corrected chi connectivity index (χ2v) is 8.88. The molecular weight excluding hydrogens is 376 g/mol. The number of hydrogen-bond acceptors (Lipinski definition) is 4. The van der Waals surface area contributed by atoms with Crippen molar-refractivity contribution in [3.05, 3.63) is 59.7 Å². The van der Waals surface area contributed by atoms with E-state index >= 15 is 0 Å². The number of carbonyl (C=O) groups is 1. The zero-order valence-electron chi connectivity index (χ0n) is 16.8. The van der Waals surface area contributed by atoms with Crippen molar-refractivity contribution in [2.45, 2.75) is 32.8 Å². The van der Waals surface area contributed by atoms with Crippen LogP contribution in [0.2, 0.25) is 0 Å². The van der Waals surface area contributed by atoms with Crippen molar-refractivity contribution in [2.24, 2.45) is 0 Å². The number of anilines is 1. The van der Waals surface area contributed by atoms with Gasteiger partial charge in [0.05, 0.1) is 11.9 Å². The van der Waals surface area contributed by atoms with Gasteiger partial charge in [0, 0.05) is 13.6 Å². The molecule has 7 heteroatoms. The fourth-order valence-electron chi connectivity index (χ4n) is 2.70. The molecule has 2 rings (SSSR count). The summed E-state index contributed by atoms with van der Waals surface area (Å²) in [7, 11) is -1.83. The lowest BCUT2D eigenvalue weighted by Gasteiger charge is -2.18. The summed E-state index contributed by atoms with van der Waals surface area (Å²) in [4.78, 5) is 12.2. The van der Waals surface area contributed by atoms with Crippen molar-refractivity contribution in [2.75, 3.05) is 24.2 Å². The minimum atomic E-state index is -3.31. The molecule has 28 heavy (non-hydrogen) atoms. The Kier molecular flexibility index (Phi) is 7.45. The van der Waals surface area contributed by atoms with Gasteiger partial charge in [0.2, 0.25) is 10.0 Å². The molecule has 0 fully saturated rings. The molecule has 0 saturated carbocycles. The maximum Gasteiger partial charge on any atom is 0.260 e. The lowest BCUT2D eigenvalue weighted by atomic mass is 10.1. The van der Waals surface area contributed by atoms with Gasteiger partial charge in [0.25, 0.3) is 5.91 Å². The number of nitrogens with zero attached hydrogens (tertiary/aromatic N) is 1.